The van der Waals surface area contributed by atoms with Gasteiger partial charge in [0.1, 0.15) is 5.78 Å². The number of ketones is 1. The molecule has 0 aliphatic carbocycles. The summed E-state index contributed by atoms with van der Waals surface area (Å²) in [6.07, 6.45) is 2.71. The molecule has 1 rings (SSSR count). The van der Waals surface area contributed by atoms with E-state index in [-0.39, 0.29) is 11.8 Å². The molecule has 17 heavy (non-hydrogen) atoms. The molecule has 6 nitrogen and oxygen atoms in total. The van der Waals surface area contributed by atoms with E-state index in [1.807, 2.05) is 10.2 Å². The molecule has 0 saturated carbocycles. The Kier molecular flexibility index (Phi) is 4.62. The number of hydrogen-bond donors (Lipinski definition) is 2. The average Bonchev–Trinajstić information content (AvgIpc) is 2.27. The lowest BCUT2D eigenvalue weighted by molar-refractivity contribution is -0.130. The van der Waals surface area contributed by atoms with Crippen LogP contribution in [-0.2, 0) is 9.59 Å². The zero-order chi connectivity index (χ0) is 13.0. The van der Waals surface area contributed by atoms with Crippen molar-refractivity contribution in [3.8, 4) is 0 Å². The van der Waals surface area contributed by atoms with Crippen LogP contribution in [-0.4, -0.2) is 41.2 Å². The van der Waals surface area contributed by atoms with Crippen molar-refractivity contribution in [1.82, 2.24) is 10.2 Å². The van der Waals surface area contributed by atoms with Gasteiger partial charge >= 0.3 is 6.03 Å². The highest BCUT2D eigenvalue weighted by Gasteiger charge is 2.32. The van der Waals surface area contributed by atoms with Gasteiger partial charge in [0.05, 0.1) is 12.1 Å². The lowest BCUT2D eigenvalue weighted by Gasteiger charge is -2.37. The Morgan fingerprint density at radius 3 is 2.53 bits per heavy atom. The number of imide groups is 1. The smallest absolute Gasteiger partial charge is 0.318 e. The molecule has 1 heterocycles. The second-order valence-corrected chi connectivity index (χ2v) is 4.39. The van der Waals surface area contributed by atoms with Crippen molar-refractivity contribution in [1.29, 1.82) is 0 Å². The number of carbonyl (C=O) groups is 3. The van der Waals surface area contributed by atoms with Crippen molar-refractivity contribution in [2.45, 2.75) is 45.2 Å². The Hall–Kier alpha value is -1.43. The monoisotopic (exact) mass is 241 g/mol. The fourth-order valence-electron chi connectivity index (χ4n) is 2.23. The van der Waals surface area contributed by atoms with Gasteiger partial charge in [-0.1, -0.05) is 6.42 Å². The van der Waals surface area contributed by atoms with Crippen LogP contribution in [0.2, 0.25) is 0 Å². The van der Waals surface area contributed by atoms with Gasteiger partial charge in [0.2, 0.25) is 5.91 Å². The van der Waals surface area contributed by atoms with Crippen LogP contribution in [0.4, 0.5) is 4.79 Å². The molecule has 2 unspecified atom stereocenters. The lowest BCUT2D eigenvalue weighted by Crippen LogP contribution is -2.55. The van der Waals surface area contributed by atoms with E-state index in [4.69, 9.17) is 5.73 Å². The zero-order valence-corrected chi connectivity index (χ0v) is 10.2. The second kappa shape index (κ2) is 5.77. The maximum Gasteiger partial charge on any atom is 0.318 e. The number of rotatable bonds is 3. The zero-order valence-electron chi connectivity index (χ0n) is 10.2. The average molecular weight is 241 g/mol. The number of Topliss-reactive ketones (excluding diaryl/α,β-unsaturated/α-hetero) is 1. The minimum Gasteiger partial charge on any atom is -0.351 e. The van der Waals surface area contributed by atoms with E-state index in [2.05, 4.69) is 0 Å². The number of carbonyl (C=O) groups excluding carboxylic acids is 3. The third kappa shape index (κ3) is 3.52. The summed E-state index contributed by atoms with van der Waals surface area (Å²) in [6.45, 7) is 3.90. The van der Waals surface area contributed by atoms with Gasteiger partial charge in [0.15, 0.2) is 0 Å². The van der Waals surface area contributed by atoms with Crippen molar-refractivity contribution < 1.29 is 14.4 Å². The first-order chi connectivity index (χ1) is 7.93. The van der Waals surface area contributed by atoms with Crippen LogP contribution in [0.5, 0.6) is 0 Å². The Labute approximate surface area is 101 Å². The Morgan fingerprint density at radius 1 is 1.35 bits per heavy atom. The number of nitrogens with zero attached hydrogens (tertiary/aromatic N) is 1. The van der Waals surface area contributed by atoms with E-state index >= 15 is 0 Å². The number of urea groups is 1. The first kappa shape index (κ1) is 13.6. The van der Waals surface area contributed by atoms with Gasteiger partial charge in [0.25, 0.3) is 0 Å². The van der Waals surface area contributed by atoms with Gasteiger partial charge in [0, 0.05) is 0 Å². The molecule has 1 aliphatic rings. The van der Waals surface area contributed by atoms with E-state index in [1.54, 1.807) is 6.92 Å². The highest BCUT2D eigenvalue weighted by atomic mass is 16.2. The van der Waals surface area contributed by atoms with Crippen molar-refractivity contribution >= 4 is 17.7 Å². The van der Waals surface area contributed by atoms with Crippen LogP contribution in [0.25, 0.3) is 0 Å². The number of hydrogen-bond acceptors (Lipinski definition) is 4. The lowest BCUT2D eigenvalue weighted by atomic mass is 9.97. The van der Waals surface area contributed by atoms with E-state index in [0.29, 0.717) is 6.54 Å². The summed E-state index contributed by atoms with van der Waals surface area (Å²) in [5, 5.41) is 2.05. The molecular formula is C11H19N3O3. The Bertz CT molecular complexity index is 330. The van der Waals surface area contributed by atoms with Crippen LogP contribution >= 0.6 is 0 Å². The maximum absolute atomic E-state index is 11.7. The Morgan fingerprint density at radius 2 is 2.00 bits per heavy atom. The molecule has 0 aromatic rings. The minimum absolute atomic E-state index is 0.0587. The van der Waals surface area contributed by atoms with E-state index in [0.717, 1.165) is 19.3 Å². The molecule has 3 N–H and O–H groups in total. The first-order valence-corrected chi connectivity index (χ1v) is 5.80. The highest BCUT2D eigenvalue weighted by molar-refractivity contribution is 5.96. The van der Waals surface area contributed by atoms with E-state index in [9.17, 15) is 14.4 Å². The minimum atomic E-state index is -0.863. The van der Waals surface area contributed by atoms with Gasteiger partial charge in [-0.2, -0.15) is 0 Å². The first-order valence-electron chi connectivity index (χ1n) is 5.80. The fourth-order valence-corrected chi connectivity index (χ4v) is 2.23. The van der Waals surface area contributed by atoms with Gasteiger partial charge in [-0.15, -0.1) is 0 Å². The van der Waals surface area contributed by atoms with Gasteiger partial charge in [-0.25, -0.2) is 4.79 Å². The molecule has 1 saturated heterocycles. The van der Waals surface area contributed by atoms with E-state index < -0.39 is 18.0 Å². The Balaban J connectivity index is 2.70. The number of nitrogens with one attached hydrogen (secondary N) is 1. The number of likely N-dealkylation sites (tertiary alicyclic amines) is 1. The third-order valence-corrected chi connectivity index (χ3v) is 3.14. The molecule has 0 radical (unpaired) electrons. The van der Waals surface area contributed by atoms with Crippen LogP contribution in [0.3, 0.4) is 0 Å². The SMILES string of the molecule is CC(=O)C1CCCCN1C(C)C(=O)NC(N)=O. The summed E-state index contributed by atoms with van der Waals surface area (Å²) >= 11 is 0. The summed E-state index contributed by atoms with van der Waals surface area (Å²) in [4.78, 5) is 35.6. The molecule has 0 aromatic heterocycles. The van der Waals surface area contributed by atoms with Crippen molar-refractivity contribution in [3.63, 3.8) is 0 Å². The molecule has 6 heteroatoms. The van der Waals surface area contributed by atoms with Crippen LogP contribution in [0, 0.1) is 0 Å². The normalized spacial score (nSPS) is 22.8. The predicted octanol–water partition coefficient (Wildman–Crippen LogP) is 0.0133. The number of primary amides is 1. The number of piperidine rings is 1. The molecule has 96 valence electrons. The van der Waals surface area contributed by atoms with Crippen molar-refractivity contribution in [2.24, 2.45) is 5.73 Å². The summed E-state index contributed by atoms with van der Waals surface area (Å²) in [5.41, 5.74) is 4.90. The summed E-state index contributed by atoms with van der Waals surface area (Å²) in [7, 11) is 0. The molecule has 0 aromatic carbocycles. The fraction of sp³-hybridized carbons (Fsp3) is 0.727. The van der Waals surface area contributed by atoms with Crippen LogP contribution in [0.15, 0.2) is 0 Å². The largest absolute Gasteiger partial charge is 0.351 e. The number of amides is 3. The van der Waals surface area contributed by atoms with Crippen molar-refractivity contribution in [2.75, 3.05) is 6.54 Å². The topological polar surface area (TPSA) is 92.5 Å². The standard InChI is InChI=1S/C11H19N3O3/c1-7(10(16)13-11(12)17)14-6-4-3-5-9(14)8(2)15/h7,9H,3-6H2,1-2H3,(H3,12,13,16,17). The molecule has 3 amide bonds. The predicted molar refractivity (Wildman–Crippen MR) is 62.2 cm³/mol. The van der Waals surface area contributed by atoms with Crippen LogP contribution in [0.1, 0.15) is 33.1 Å². The summed E-state index contributed by atoms with van der Waals surface area (Å²) < 4.78 is 0. The number of nitrogens with two attached hydrogens (primary N) is 1. The maximum atomic E-state index is 11.7. The third-order valence-electron chi connectivity index (χ3n) is 3.14. The molecule has 2 atom stereocenters. The van der Waals surface area contributed by atoms with Gasteiger partial charge in [-0.3, -0.25) is 19.8 Å². The quantitative estimate of drug-likeness (QED) is 0.728. The van der Waals surface area contributed by atoms with E-state index in [1.165, 1.54) is 6.92 Å². The van der Waals surface area contributed by atoms with Crippen molar-refractivity contribution in [3.05, 3.63) is 0 Å². The molecular weight excluding hydrogens is 222 g/mol. The second-order valence-electron chi connectivity index (χ2n) is 4.39. The van der Waals surface area contributed by atoms with Gasteiger partial charge in [-0.05, 0) is 33.2 Å². The molecule has 0 spiro atoms. The highest BCUT2D eigenvalue weighted by Crippen LogP contribution is 2.20. The van der Waals surface area contributed by atoms with Crippen LogP contribution < -0.4 is 11.1 Å². The summed E-state index contributed by atoms with van der Waals surface area (Å²) in [5.74, 6) is -0.394. The summed E-state index contributed by atoms with van der Waals surface area (Å²) in [6, 6.07) is -1.60. The molecule has 1 aliphatic heterocycles. The molecule has 0 bridgehead atoms. The van der Waals surface area contributed by atoms with Gasteiger partial charge < -0.3 is 5.73 Å². The molecule has 1 fully saturated rings.